The minimum atomic E-state index is -0.0984. The molecule has 3 rings (SSSR count). The Morgan fingerprint density at radius 2 is 2.04 bits per heavy atom. The van der Waals surface area contributed by atoms with Crippen molar-refractivity contribution in [2.24, 2.45) is 5.92 Å². The number of benzene rings is 1. The van der Waals surface area contributed by atoms with Crippen molar-refractivity contribution in [2.75, 3.05) is 18.4 Å². The summed E-state index contributed by atoms with van der Waals surface area (Å²) in [6, 6.07) is 7.48. The second-order valence-electron chi connectivity index (χ2n) is 6.53. The monoisotopic (exact) mass is 353 g/mol. The first kappa shape index (κ1) is 17.9. The summed E-state index contributed by atoms with van der Waals surface area (Å²) in [6.45, 7) is 8.44. The number of carbonyl (C=O) groups excluding carboxylic acids is 2. The van der Waals surface area contributed by atoms with Gasteiger partial charge in [0.25, 0.3) is 0 Å². The largest absolute Gasteiger partial charge is 0.441 e. The smallest absolute Gasteiger partial charge is 0.245 e. The van der Waals surface area contributed by atoms with Gasteiger partial charge in [0.05, 0.1) is 5.69 Å². The van der Waals surface area contributed by atoms with Gasteiger partial charge in [-0.2, -0.15) is 0 Å². The summed E-state index contributed by atoms with van der Waals surface area (Å²) in [5, 5.41) is 2.97. The van der Waals surface area contributed by atoms with E-state index in [-0.39, 0.29) is 17.7 Å². The van der Waals surface area contributed by atoms with Crippen molar-refractivity contribution in [2.45, 2.75) is 26.7 Å². The van der Waals surface area contributed by atoms with Crippen LogP contribution in [0.4, 0.5) is 5.69 Å². The lowest BCUT2D eigenvalue weighted by Gasteiger charge is -2.30. The predicted molar refractivity (Wildman–Crippen MR) is 99.5 cm³/mol. The molecule has 2 amide bonds. The van der Waals surface area contributed by atoms with E-state index in [1.54, 1.807) is 4.90 Å². The number of hydrogen-bond acceptors (Lipinski definition) is 4. The van der Waals surface area contributed by atoms with E-state index in [1.807, 2.05) is 38.1 Å². The van der Waals surface area contributed by atoms with Gasteiger partial charge in [-0.05, 0) is 51.0 Å². The highest BCUT2D eigenvalue weighted by atomic mass is 16.4. The van der Waals surface area contributed by atoms with Crippen molar-refractivity contribution in [3.63, 3.8) is 0 Å². The second-order valence-corrected chi connectivity index (χ2v) is 6.53. The van der Waals surface area contributed by atoms with E-state index < -0.39 is 0 Å². The van der Waals surface area contributed by atoms with Gasteiger partial charge in [0.2, 0.25) is 17.7 Å². The Balaban J connectivity index is 1.64. The fourth-order valence-electron chi connectivity index (χ4n) is 3.06. The molecule has 136 valence electrons. The average Bonchev–Trinajstić information content (AvgIpc) is 3.00. The van der Waals surface area contributed by atoms with Crippen LogP contribution in [-0.2, 0) is 9.59 Å². The number of aryl methyl sites for hydroxylation is 2. The molecular weight excluding hydrogens is 330 g/mol. The van der Waals surface area contributed by atoms with Crippen LogP contribution in [0.2, 0.25) is 0 Å². The number of nitrogens with zero attached hydrogens (tertiary/aromatic N) is 2. The highest BCUT2D eigenvalue weighted by Gasteiger charge is 2.26. The molecule has 2 aromatic rings. The molecule has 0 unspecified atom stereocenters. The molecule has 0 bridgehead atoms. The zero-order valence-electron chi connectivity index (χ0n) is 15.1. The topological polar surface area (TPSA) is 75.4 Å². The molecule has 2 heterocycles. The Hall–Kier alpha value is -2.89. The Morgan fingerprint density at radius 1 is 1.31 bits per heavy atom. The lowest BCUT2D eigenvalue weighted by Crippen LogP contribution is -2.40. The van der Waals surface area contributed by atoms with E-state index in [2.05, 4.69) is 16.9 Å². The molecule has 1 aliphatic heterocycles. The van der Waals surface area contributed by atoms with Crippen LogP contribution < -0.4 is 5.32 Å². The van der Waals surface area contributed by atoms with E-state index >= 15 is 0 Å². The third-order valence-corrected chi connectivity index (χ3v) is 4.76. The van der Waals surface area contributed by atoms with Crippen molar-refractivity contribution in [1.29, 1.82) is 0 Å². The van der Waals surface area contributed by atoms with Gasteiger partial charge in [0.15, 0.2) is 0 Å². The Labute approximate surface area is 152 Å². The summed E-state index contributed by atoms with van der Waals surface area (Å²) in [5.41, 5.74) is 2.39. The number of piperidine rings is 1. The maximum Gasteiger partial charge on any atom is 0.245 e. The zero-order chi connectivity index (χ0) is 18.7. The molecule has 6 nitrogen and oxygen atoms in total. The number of nitrogens with one attached hydrogen (secondary N) is 1. The molecule has 1 fully saturated rings. The van der Waals surface area contributed by atoms with Gasteiger partial charge in [-0.25, -0.2) is 4.98 Å². The normalized spacial score (nSPS) is 14.9. The number of anilines is 1. The summed E-state index contributed by atoms with van der Waals surface area (Å²) in [4.78, 5) is 30.3. The van der Waals surface area contributed by atoms with Crippen molar-refractivity contribution in [3.05, 3.63) is 48.4 Å². The fourth-order valence-corrected chi connectivity index (χ4v) is 3.06. The van der Waals surface area contributed by atoms with Crippen molar-refractivity contribution in [3.8, 4) is 11.5 Å². The van der Waals surface area contributed by atoms with Gasteiger partial charge in [-0.1, -0.05) is 12.6 Å². The molecule has 6 heteroatoms. The molecular formula is C20H23N3O3. The van der Waals surface area contributed by atoms with Crippen molar-refractivity contribution >= 4 is 17.5 Å². The first-order valence-corrected chi connectivity index (χ1v) is 8.74. The maximum absolute atomic E-state index is 12.5. The number of amides is 2. The molecule has 0 aliphatic carbocycles. The van der Waals surface area contributed by atoms with Crippen LogP contribution in [0.3, 0.4) is 0 Å². The van der Waals surface area contributed by atoms with Crippen molar-refractivity contribution < 1.29 is 14.0 Å². The number of aromatic nitrogens is 1. The SMILES string of the molecule is C=CC(=O)N1CCC(C(=O)Nc2cccc(-c3nc(C)c(C)o3)c2)CC1. The molecule has 1 aliphatic rings. The molecule has 0 saturated carbocycles. The summed E-state index contributed by atoms with van der Waals surface area (Å²) < 4.78 is 5.65. The summed E-state index contributed by atoms with van der Waals surface area (Å²) in [6.07, 6.45) is 2.63. The van der Waals surface area contributed by atoms with Gasteiger partial charge in [-0.15, -0.1) is 0 Å². The minimum Gasteiger partial charge on any atom is -0.441 e. The van der Waals surface area contributed by atoms with Crippen LogP contribution in [0.1, 0.15) is 24.3 Å². The van der Waals surface area contributed by atoms with Crippen LogP contribution in [-0.4, -0.2) is 34.8 Å². The zero-order valence-corrected chi connectivity index (χ0v) is 15.1. The highest BCUT2D eigenvalue weighted by Crippen LogP contribution is 2.25. The van der Waals surface area contributed by atoms with E-state index in [9.17, 15) is 9.59 Å². The van der Waals surface area contributed by atoms with Crippen LogP contribution in [0, 0.1) is 19.8 Å². The van der Waals surface area contributed by atoms with E-state index in [4.69, 9.17) is 4.42 Å². The lowest BCUT2D eigenvalue weighted by molar-refractivity contribution is -0.130. The third kappa shape index (κ3) is 3.85. The summed E-state index contributed by atoms with van der Waals surface area (Å²) >= 11 is 0. The third-order valence-electron chi connectivity index (χ3n) is 4.76. The molecule has 0 atom stereocenters. The van der Waals surface area contributed by atoms with E-state index in [1.165, 1.54) is 6.08 Å². The van der Waals surface area contributed by atoms with E-state index in [0.717, 1.165) is 17.0 Å². The molecule has 1 saturated heterocycles. The Morgan fingerprint density at radius 3 is 2.65 bits per heavy atom. The molecule has 1 aromatic heterocycles. The second kappa shape index (κ2) is 7.56. The number of carbonyl (C=O) groups is 2. The average molecular weight is 353 g/mol. The number of likely N-dealkylation sites (tertiary alicyclic amines) is 1. The highest BCUT2D eigenvalue weighted by molar-refractivity contribution is 5.93. The summed E-state index contributed by atoms with van der Waals surface area (Å²) in [5.74, 6) is 1.14. The molecule has 0 spiro atoms. The van der Waals surface area contributed by atoms with Gasteiger partial charge in [0.1, 0.15) is 5.76 Å². The Bertz CT molecular complexity index is 813. The quantitative estimate of drug-likeness (QED) is 0.856. The maximum atomic E-state index is 12.5. The first-order chi connectivity index (χ1) is 12.5. The standard InChI is InChI=1S/C20H23N3O3/c1-4-18(24)23-10-8-15(9-11-23)19(25)22-17-7-5-6-16(12-17)20-21-13(2)14(3)26-20/h4-7,12,15H,1,8-11H2,2-3H3,(H,22,25). The number of oxazole rings is 1. The van der Waals surface area contributed by atoms with Crippen molar-refractivity contribution in [1.82, 2.24) is 9.88 Å². The summed E-state index contributed by atoms with van der Waals surface area (Å²) in [7, 11) is 0. The van der Waals surface area contributed by atoms with E-state index in [0.29, 0.717) is 37.5 Å². The Kier molecular flexibility index (Phi) is 5.21. The lowest BCUT2D eigenvalue weighted by atomic mass is 9.95. The molecule has 26 heavy (non-hydrogen) atoms. The van der Waals surface area contributed by atoms with Gasteiger partial charge in [-0.3, -0.25) is 9.59 Å². The van der Waals surface area contributed by atoms with Gasteiger partial charge >= 0.3 is 0 Å². The molecule has 1 N–H and O–H groups in total. The first-order valence-electron chi connectivity index (χ1n) is 8.74. The molecule has 1 aromatic carbocycles. The fraction of sp³-hybridized carbons (Fsp3) is 0.350. The molecule has 0 radical (unpaired) electrons. The predicted octanol–water partition coefficient (Wildman–Crippen LogP) is 3.32. The minimum absolute atomic E-state index is 0.0207. The van der Waals surface area contributed by atoms with Gasteiger partial charge < -0.3 is 14.6 Å². The van der Waals surface area contributed by atoms with Gasteiger partial charge in [0, 0.05) is 30.3 Å². The van der Waals surface area contributed by atoms with Crippen LogP contribution in [0.15, 0.2) is 41.3 Å². The number of hydrogen-bond donors (Lipinski definition) is 1. The van der Waals surface area contributed by atoms with Crippen LogP contribution >= 0.6 is 0 Å². The van der Waals surface area contributed by atoms with Crippen LogP contribution in [0.25, 0.3) is 11.5 Å². The number of rotatable bonds is 4. The van der Waals surface area contributed by atoms with Crippen LogP contribution in [0.5, 0.6) is 0 Å².